The second-order valence-corrected chi connectivity index (χ2v) is 6.25. The normalized spacial score (nSPS) is 18.1. The van der Waals surface area contributed by atoms with E-state index >= 15 is 0 Å². The Bertz CT molecular complexity index is 654. The van der Waals surface area contributed by atoms with Crippen molar-refractivity contribution < 1.29 is 9.53 Å². The molecule has 1 aliphatic rings. The van der Waals surface area contributed by atoms with Crippen LogP contribution in [0.4, 0.5) is 0 Å². The summed E-state index contributed by atoms with van der Waals surface area (Å²) in [5, 5.41) is 6.66. The summed E-state index contributed by atoms with van der Waals surface area (Å²) in [6.07, 6.45) is 2.51. The molecule has 7 nitrogen and oxygen atoms in total. The van der Waals surface area contributed by atoms with Crippen molar-refractivity contribution in [3.8, 4) is 11.4 Å². The lowest BCUT2D eigenvalue weighted by molar-refractivity contribution is -0.0269. The standard InChI is InChI=1S/C17H23N5O2/c1-21(2)8-7-15-11-22(9-10-24-15)17(23)14-5-3-13(4-6-14)16-18-12-19-20-16/h3-6,12,15H,7-11H2,1-2H3,(H,18,19,20)/t15-/m1/s1. The van der Waals surface area contributed by atoms with Crippen molar-refractivity contribution in [2.75, 3.05) is 40.3 Å². The second-order valence-electron chi connectivity index (χ2n) is 6.25. The molecule has 0 spiro atoms. The lowest BCUT2D eigenvalue weighted by Gasteiger charge is -2.33. The smallest absolute Gasteiger partial charge is 0.254 e. The molecule has 1 N–H and O–H groups in total. The molecule has 1 amide bonds. The number of nitrogens with one attached hydrogen (secondary N) is 1. The summed E-state index contributed by atoms with van der Waals surface area (Å²) in [4.78, 5) is 20.8. The van der Waals surface area contributed by atoms with Gasteiger partial charge in [-0.2, -0.15) is 5.10 Å². The first-order chi connectivity index (χ1) is 11.6. The number of nitrogens with zero attached hydrogens (tertiary/aromatic N) is 4. The Morgan fingerprint density at radius 3 is 2.83 bits per heavy atom. The molecule has 1 aromatic heterocycles. The summed E-state index contributed by atoms with van der Waals surface area (Å²) in [5.74, 6) is 0.751. The van der Waals surface area contributed by atoms with Crippen molar-refractivity contribution in [2.24, 2.45) is 0 Å². The van der Waals surface area contributed by atoms with Gasteiger partial charge in [-0.25, -0.2) is 4.98 Å². The first-order valence-electron chi connectivity index (χ1n) is 8.15. The molecular weight excluding hydrogens is 306 g/mol. The Hall–Kier alpha value is -2.25. The molecule has 1 atom stereocenters. The third kappa shape index (κ3) is 3.98. The Kier molecular flexibility index (Phi) is 5.22. The van der Waals surface area contributed by atoms with Crippen molar-refractivity contribution in [2.45, 2.75) is 12.5 Å². The summed E-state index contributed by atoms with van der Waals surface area (Å²) in [7, 11) is 4.09. The molecule has 2 aromatic rings. The Morgan fingerprint density at radius 1 is 1.38 bits per heavy atom. The molecular formula is C17H23N5O2. The SMILES string of the molecule is CN(C)CC[C@@H]1CN(C(=O)c2ccc(-c3ncn[nH]3)cc2)CCO1. The highest BCUT2D eigenvalue weighted by Gasteiger charge is 2.25. The van der Waals surface area contributed by atoms with Crippen LogP contribution in [0, 0.1) is 0 Å². The molecule has 0 bridgehead atoms. The average Bonchev–Trinajstić information content (AvgIpc) is 3.14. The van der Waals surface area contributed by atoms with Crippen LogP contribution < -0.4 is 0 Å². The van der Waals surface area contributed by atoms with E-state index in [4.69, 9.17) is 4.74 Å². The highest BCUT2D eigenvalue weighted by atomic mass is 16.5. The van der Waals surface area contributed by atoms with Crippen LogP contribution >= 0.6 is 0 Å². The van der Waals surface area contributed by atoms with Crippen LogP contribution in [-0.2, 0) is 4.74 Å². The molecule has 128 valence electrons. The third-order valence-electron chi connectivity index (χ3n) is 4.14. The number of hydrogen-bond donors (Lipinski definition) is 1. The molecule has 1 aromatic carbocycles. The average molecular weight is 329 g/mol. The van der Waals surface area contributed by atoms with Crippen LogP contribution in [0.3, 0.4) is 0 Å². The third-order valence-corrected chi connectivity index (χ3v) is 4.14. The van der Waals surface area contributed by atoms with Gasteiger partial charge in [-0.3, -0.25) is 9.89 Å². The van der Waals surface area contributed by atoms with Gasteiger partial charge in [0.15, 0.2) is 5.82 Å². The van der Waals surface area contributed by atoms with E-state index < -0.39 is 0 Å². The quantitative estimate of drug-likeness (QED) is 0.894. The van der Waals surface area contributed by atoms with Crippen molar-refractivity contribution in [3.63, 3.8) is 0 Å². The number of rotatable bonds is 5. The van der Waals surface area contributed by atoms with Gasteiger partial charge in [0.1, 0.15) is 6.33 Å². The molecule has 1 fully saturated rings. The molecule has 3 rings (SSSR count). The number of aromatic amines is 1. The van der Waals surface area contributed by atoms with Gasteiger partial charge in [0.2, 0.25) is 0 Å². The monoisotopic (exact) mass is 329 g/mol. The second kappa shape index (κ2) is 7.55. The summed E-state index contributed by atoms with van der Waals surface area (Å²) < 4.78 is 5.77. The summed E-state index contributed by atoms with van der Waals surface area (Å²) >= 11 is 0. The van der Waals surface area contributed by atoms with Gasteiger partial charge in [0.05, 0.1) is 12.7 Å². The van der Waals surface area contributed by atoms with Gasteiger partial charge in [0.25, 0.3) is 5.91 Å². The van der Waals surface area contributed by atoms with Gasteiger partial charge in [-0.05, 0) is 32.6 Å². The number of morpholine rings is 1. The minimum atomic E-state index is 0.0530. The van der Waals surface area contributed by atoms with Crippen molar-refractivity contribution >= 4 is 5.91 Å². The summed E-state index contributed by atoms with van der Waals surface area (Å²) in [5.41, 5.74) is 1.60. The largest absolute Gasteiger partial charge is 0.374 e. The molecule has 0 saturated carbocycles. The highest BCUT2D eigenvalue weighted by molar-refractivity contribution is 5.94. The Morgan fingerprint density at radius 2 is 2.17 bits per heavy atom. The van der Waals surface area contributed by atoms with E-state index in [1.165, 1.54) is 6.33 Å². The van der Waals surface area contributed by atoms with Crippen LogP contribution in [0.5, 0.6) is 0 Å². The first-order valence-corrected chi connectivity index (χ1v) is 8.15. The van der Waals surface area contributed by atoms with Crippen molar-refractivity contribution in [3.05, 3.63) is 36.2 Å². The first kappa shape index (κ1) is 16.6. The van der Waals surface area contributed by atoms with Gasteiger partial charge in [-0.15, -0.1) is 0 Å². The van der Waals surface area contributed by atoms with E-state index in [0.717, 1.165) is 18.5 Å². The van der Waals surface area contributed by atoms with Crippen LogP contribution in [0.25, 0.3) is 11.4 Å². The molecule has 7 heteroatoms. The molecule has 24 heavy (non-hydrogen) atoms. The predicted octanol–water partition coefficient (Wildman–Crippen LogP) is 1.26. The molecule has 1 aliphatic heterocycles. The molecule has 0 radical (unpaired) electrons. The zero-order chi connectivity index (χ0) is 16.9. The van der Waals surface area contributed by atoms with E-state index in [1.807, 2.05) is 43.3 Å². The number of hydrogen-bond acceptors (Lipinski definition) is 5. The maximum Gasteiger partial charge on any atom is 0.254 e. The lowest BCUT2D eigenvalue weighted by Crippen LogP contribution is -2.46. The van der Waals surface area contributed by atoms with Gasteiger partial charge >= 0.3 is 0 Å². The lowest BCUT2D eigenvalue weighted by atomic mass is 10.1. The maximum atomic E-state index is 12.7. The Labute approximate surface area is 141 Å². The van der Waals surface area contributed by atoms with E-state index in [2.05, 4.69) is 20.1 Å². The van der Waals surface area contributed by atoms with Crippen LogP contribution in [-0.4, -0.2) is 77.3 Å². The van der Waals surface area contributed by atoms with Gasteiger partial charge in [-0.1, -0.05) is 12.1 Å². The van der Waals surface area contributed by atoms with Crippen LogP contribution in [0.1, 0.15) is 16.8 Å². The minimum absolute atomic E-state index is 0.0530. The number of aromatic nitrogens is 3. The molecule has 2 heterocycles. The van der Waals surface area contributed by atoms with Crippen molar-refractivity contribution in [1.82, 2.24) is 25.0 Å². The molecule has 0 unspecified atom stereocenters. The number of carbonyl (C=O) groups is 1. The van der Waals surface area contributed by atoms with Crippen LogP contribution in [0.2, 0.25) is 0 Å². The fourth-order valence-corrected chi connectivity index (χ4v) is 2.78. The molecule has 1 saturated heterocycles. The number of carbonyl (C=O) groups excluding carboxylic acids is 1. The van der Waals surface area contributed by atoms with Gasteiger partial charge < -0.3 is 14.5 Å². The molecule has 0 aliphatic carbocycles. The van der Waals surface area contributed by atoms with Gasteiger partial charge in [0, 0.05) is 30.8 Å². The van der Waals surface area contributed by atoms with Crippen molar-refractivity contribution in [1.29, 1.82) is 0 Å². The van der Waals surface area contributed by atoms with E-state index in [-0.39, 0.29) is 12.0 Å². The summed E-state index contributed by atoms with van der Waals surface area (Å²) in [6.45, 7) is 2.84. The minimum Gasteiger partial charge on any atom is -0.374 e. The van der Waals surface area contributed by atoms with E-state index in [9.17, 15) is 4.79 Å². The van der Waals surface area contributed by atoms with E-state index in [1.54, 1.807) is 0 Å². The topological polar surface area (TPSA) is 74.4 Å². The number of benzene rings is 1. The van der Waals surface area contributed by atoms with Crippen LogP contribution in [0.15, 0.2) is 30.6 Å². The highest BCUT2D eigenvalue weighted by Crippen LogP contribution is 2.17. The fourth-order valence-electron chi connectivity index (χ4n) is 2.78. The fraction of sp³-hybridized carbons (Fsp3) is 0.471. The number of H-pyrrole nitrogens is 1. The predicted molar refractivity (Wildman–Crippen MR) is 90.6 cm³/mol. The van der Waals surface area contributed by atoms with E-state index in [0.29, 0.717) is 31.1 Å². The summed E-state index contributed by atoms with van der Waals surface area (Å²) in [6, 6.07) is 7.45. The maximum absolute atomic E-state index is 12.7. The number of ether oxygens (including phenoxy) is 1. The zero-order valence-electron chi connectivity index (χ0n) is 14.1. The Balaban J connectivity index is 1.63. The number of amides is 1. The zero-order valence-corrected chi connectivity index (χ0v) is 14.1.